The van der Waals surface area contributed by atoms with Crippen LogP contribution in [0.4, 0.5) is 10.8 Å². The minimum Gasteiger partial charge on any atom is -0.484 e. The van der Waals surface area contributed by atoms with E-state index in [-0.39, 0.29) is 26.5 Å². The molecule has 1 N–H and O–H groups in total. The number of sulfone groups is 1. The third-order valence-corrected chi connectivity index (χ3v) is 6.90. The Labute approximate surface area is 174 Å². The minimum absolute atomic E-state index is 0.0742. The first kappa shape index (κ1) is 20.7. The summed E-state index contributed by atoms with van der Waals surface area (Å²) in [5.74, 6) is -0.119. The average molecular weight is 454 g/mol. The number of hydrogen-bond acceptors (Lipinski definition) is 8. The molecule has 1 aromatic heterocycles. The van der Waals surface area contributed by atoms with Gasteiger partial charge in [0.2, 0.25) is 9.84 Å². The number of nitro groups is 1. The number of rotatable bonds is 7. The van der Waals surface area contributed by atoms with Crippen molar-refractivity contribution in [3.63, 3.8) is 0 Å². The number of halogens is 1. The first-order chi connectivity index (χ1) is 13.8. The number of nitro benzene ring substituents is 1. The Bertz CT molecular complexity index is 1160. The van der Waals surface area contributed by atoms with Crippen LogP contribution in [0.1, 0.15) is 0 Å². The zero-order valence-electron chi connectivity index (χ0n) is 14.4. The number of carbonyl (C=O) groups excluding carboxylic acids is 1. The topological polar surface area (TPSA) is 128 Å². The molecule has 3 aromatic rings. The van der Waals surface area contributed by atoms with Crippen LogP contribution in [-0.4, -0.2) is 30.8 Å². The van der Waals surface area contributed by atoms with Crippen LogP contribution in [-0.2, 0) is 14.6 Å². The molecule has 1 amide bonds. The third-order valence-electron chi connectivity index (χ3n) is 3.52. The van der Waals surface area contributed by atoms with E-state index in [2.05, 4.69) is 10.3 Å². The lowest BCUT2D eigenvalue weighted by atomic mass is 10.3. The molecule has 1 heterocycles. The van der Waals surface area contributed by atoms with Crippen LogP contribution in [0.15, 0.2) is 63.8 Å². The van der Waals surface area contributed by atoms with E-state index in [1.54, 1.807) is 24.3 Å². The molecule has 0 saturated carbocycles. The van der Waals surface area contributed by atoms with E-state index in [9.17, 15) is 23.3 Å². The van der Waals surface area contributed by atoms with Gasteiger partial charge in [-0.25, -0.2) is 13.4 Å². The standard InChI is InChI=1S/C17H12ClN3O6S2/c18-11-2-1-3-13(8-11)27-10-15(22)20-17-19-9-16(28-17)29(25,26)14-6-4-12(5-7-14)21(23)24/h1-9H,10H2,(H,19,20,22). The molecule has 0 radical (unpaired) electrons. The summed E-state index contributed by atoms with van der Waals surface area (Å²) in [5, 5.41) is 13.7. The van der Waals surface area contributed by atoms with Crippen molar-refractivity contribution in [3.05, 3.63) is 69.9 Å². The average Bonchev–Trinajstić information content (AvgIpc) is 3.16. The second-order valence-corrected chi connectivity index (χ2v) is 9.18. The largest absolute Gasteiger partial charge is 0.484 e. The molecule has 0 spiro atoms. The fourth-order valence-corrected chi connectivity index (χ4v) is 4.79. The zero-order chi connectivity index (χ0) is 21.0. The van der Waals surface area contributed by atoms with E-state index in [4.69, 9.17) is 16.3 Å². The molecular formula is C17H12ClN3O6S2. The van der Waals surface area contributed by atoms with Crippen LogP contribution in [0, 0.1) is 10.1 Å². The number of carbonyl (C=O) groups is 1. The summed E-state index contributed by atoms with van der Waals surface area (Å²) in [6, 6.07) is 11.0. The van der Waals surface area contributed by atoms with Crippen molar-refractivity contribution in [3.8, 4) is 5.75 Å². The van der Waals surface area contributed by atoms with E-state index in [1.165, 1.54) is 0 Å². The Morgan fingerprint density at radius 1 is 1.24 bits per heavy atom. The SMILES string of the molecule is O=C(COc1cccc(Cl)c1)Nc1ncc(S(=O)(=O)c2ccc([N+](=O)[O-])cc2)s1. The molecule has 0 fully saturated rings. The van der Waals surface area contributed by atoms with Gasteiger partial charge in [-0.2, -0.15) is 0 Å². The van der Waals surface area contributed by atoms with Crippen LogP contribution >= 0.6 is 22.9 Å². The molecule has 12 heteroatoms. The molecule has 0 aliphatic carbocycles. The van der Waals surface area contributed by atoms with Gasteiger partial charge in [0.05, 0.1) is 16.0 Å². The third kappa shape index (κ3) is 5.08. The van der Waals surface area contributed by atoms with Crippen LogP contribution in [0.3, 0.4) is 0 Å². The molecule has 2 aromatic carbocycles. The lowest BCUT2D eigenvalue weighted by Gasteiger charge is -2.05. The van der Waals surface area contributed by atoms with Gasteiger partial charge in [-0.05, 0) is 30.3 Å². The highest BCUT2D eigenvalue weighted by Gasteiger charge is 2.22. The molecule has 0 bridgehead atoms. The summed E-state index contributed by atoms with van der Waals surface area (Å²) >= 11 is 6.59. The van der Waals surface area contributed by atoms with E-state index in [0.717, 1.165) is 41.8 Å². The molecule has 9 nitrogen and oxygen atoms in total. The van der Waals surface area contributed by atoms with Crippen LogP contribution in [0.25, 0.3) is 0 Å². The monoisotopic (exact) mass is 453 g/mol. The predicted molar refractivity (Wildman–Crippen MR) is 106 cm³/mol. The number of anilines is 1. The van der Waals surface area contributed by atoms with Crippen LogP contribution in [0.5, 0.6) is 5.75 Å². The van der Waals surface area contributed by atoms with Crippen LogP contribution < -0.4 is 10.1 Å². The number of non-ortho nitro benzene ring substituents is 1. The maximum absolute atomic E-state index is 12.6. The lowest BCUT2D eigenvalue weighted by Crippen LogP contribution is -2.19. The first-order valence-electron chi connectivity index (χ1n) is 7.89. The number of thiazole rings is 1. The maximum atomic E-state index is 12.6. The summed E-state index contributed by atoms with van der Waals surface area (Å²) < 4.78 is 30.4. The van der Waals surface area contributed by atoms with Gasteiger partial charge in [-0.1, -0.05) is 29.0 Å². The van der Waals surface area contributed by atoms with E-state index >= 15 is 0 Å². The van der Waals surface area contributed by atoms with Gasteiger partial charge in [0.15, 0.2) is 11.7 Å². The molecule has 0 saturated heterocycles. The normalized spacial score (nSPS) is 11.1. The first-order valence-corrected chi connectivity index (χ1v) is 10.6. The van der Waals surface area contributed by atoms with Gasteiger partial charge >= 0.3 is 0 Å². The number of nitrogens with one attached hydrogen (secondary N) is 1. The Morgan fingerprint density at radius 2 is 1.97 bits per heavy atom. The number of benzene rings is 2. The quantitative estimate of drug-likeness (QED) is 0.427. The van der Waals surface area contributed by atoms with E-state index in [0.29, 0.717) is 10.8 Å². The van der Waals surface area contributed by atoms with Crippen molar-refractivity contribution in [1.82, 2.24) is 4.98 Å². The molecule has 29 heavy (non-hydrogen) atoms. The number of nitrogens with zero attached hydrogens (tertiary/aromatic N) is 2. The second kappa shape index (κ2) is 8.55. The van der Waals surface area contributed by atoms with Crippen molar-refractivity contribution in [1.29, 1.82) is 0 Å². The summed E-state index contributed by atoms with van der Waals surface area (Å²) in [5.41, 5.74) is -0.221. The molecule has 0 aliphatic rings. The van der Waals surface area contributed by atoms with Gasteiger partial charge in [0, 0.05) is 17.2 Å². The lowest BCUT2D eigenvalue weighted by molar-refractivity contribution is -0.384. The molecule has 0 unspecified atom stereocenters. The Balaban J connectivity index is 1.66. The van der Waals surface area contributed by atoms with Crippen molar-refractivity contribution >= 4 is 49.5 Å². The summed E-state index contributed by atoms with van der Waals surface area (Å²) in [4.78, 5) is 25.8. The van der Waals surface area contributed by atoms with Crippen molar-refractivity contribution in [2.45, 2.75) is 9.10 Å². The zero-order valence-corrected chi connectivity index (χ0v) is 16.8. The highest BCUT2D eigenvalue weighted by Crippen LogP contribution is 2.29. The second-order valence-electron chi connectivity index (χ2n) is 5.53. The van der Waals surface area contributed by atoms with Crippen molar-refractivity contribution in [2.24, 2.45) is 0 Å². The van der Waals surface area contributed by atoms with Crippen LogP contribution in [0.2, 0.25) is 5.02 Å². The maximum Gasteiger partial charge on any atom is 0.269 e. The Kier molecular flexibility index (Phi) is 6.11. The van der Waals surface area contributed by atoms with E-state index in [1.807, 2.05) is 0 Å². The number of aromatic nitrogens is 1. The Morgan fingerprint density at radius 3 is 2.62 bits per heavy atom. The van der Waals surface area contributed by atoms with Gasteiger partial charge in [0.1, 0.15) is 9.96 Å². The molecule has 0 aliphatic heterocycles. The molecule has 0 atom stereocenters. The summed E-state index contributed by atoms with van der Waals surface area (Å²) in [6.45, 7) is -0.315. The fourth-order valence-electron chi connectivity index (χ4n) is 2.17. The van der Waals surface area contributed by atoms with Gasteiger partial charge < -0.3 is 4.74 Å². The van der Waals surface area contributed by atoms with Gasteiger partial charge in [-0.3, -0.25) is 20.2 Å². The smallest absolute Gasteiger partial charge is 0.269 e. The number of ether oxygens (including phenoxy) is 1. The van der Waals surface area contributed by atoms with Crippen molar-refractivity contribution < 1.29 is 22.9 Å². The molecule has 3 rings (SSSR count). The summed E-state index contributed by atoms with van der Waals surface area (Å²) in [6.07, 6.45) is 1.11. The van der Waals surface area contributed by atoms with E-state index < -0.39 is 20.7 Å². The van der Waals surface area contributed by atoms with Crippen molar-refractivity contribution in [2.75, 3.05) is 11.9 Å². The fraction of sp³-hybridized carbons (Fsp3) is 0.0588. The van der Waals surface area contributed by atoms with Gasteiger partial charge in [-0.15, -0.1) is 0 Å². The minimum atomic E-state index is -3.92. The molecule has 150 valence electrons. The number of amides is 1. The summed E-state index contributed by atoms with van der Waals surface area (Å²) in [7, 11) is -3.92. The highest BCUT2D eigenvalue weighted by molar-refractivity contribution is 7.93. The predicted octanol–water partition coefficient (Wildman–Crippen LogP) is 3.56. The van der Waals surface area contributed by atoms with Gasteiger partial charge in [0.25, 0.3) is 11.6 Å². The highest BCUT2D eigenvalue weighted by atomic mass is 35.5. The number of hydrogen-bond donors (Lipinski definition) is 1. The Hall–Kier alpha value is -3.02. The molecular weight excluding hydrogens is 442 g/mol.